The van der Waals surface area contributed by atoms with Crippen LogP contribution in [0.4, 0.5) is 0 Å². The molecule has 1 aliphatic heterocycles. The van der Waals surface area contributed by atoms with Gasteiger partial charge in [-0.2, -0.15) is 0 Å². The summed E-state index contributed by atoms with van der Waals surface area (Å²) in [4.78, 5) is 19.0. The predicted octanol–water partition coefficient (Wildman–Crippen LogP) is 2.63. The van der Waals surface area contributed by atoms with E-state index in [-0.39, 0.29) is 24.2 Å². The Bertz CT molecular complexity index is 699. The Labute approximate surface area is 144 Å². The maximum atomic E-state index is 12.7. The average Bonchev–Trinajstić information content (AvgIpc) is 3.32. The van der Waals surface area contributed by atoms with E-state index in [1.165, 1.54) is 12.5 Å². The van der Waals surface area contributed by atoms with E-state index in [0.717, 1.165) is 23.5 Å². The third-order valence-corrected chi connectivity index (χ3v) is 5.50. The van der Waals surface area contributed by atoms with Crippen LogP contribution in [0.15, 0.2) is 28.4 Å². The average molecular weight is 348 g/mol. The molecule has 2 aromatic rings. The number of fused-ring (bicyclic) bond motifs is 1. The molecule has 0 aromatic carbocycles. The maximum Gasteiger partial charge on any atom is 0.257 e. The first kappa shape index (κ1) is 15.8. The highest BCUT2D eigenvalue weighted by molar-refractivity contribution is 7.09. The minimum atomic E-state index is -0.0608. The van der Waals surface area contributed by atoms with Gasteiger partial charge in [0.2, 0.25) is 0 Å². The van der Waals surface area contributed by atoms with Gasteiger partial charge in [-0.05, 0) is 25.8 Å². The lowest BCUT2D eigenvalue weighted by molar-refractivity contribution is -0.108. The van der Waals surface area contributed by atoms with Crippen LogP contribution in [0.5, 0.6) is 0 Å². The van der Waals surface area contributed by atoms with Crippen LogP contribution >= 0.6 is 11.3 Å². The van der Waals surface area contributed by atoms with Crippen molar-refractivity contribution in [3.63, 3.8) is 0 Å². The first-order valence-electron chi connectivity index (χ1n) is 8.20. The van der Waals surface area contributed by atoms with Gasteiger partial charge < -0.3 is 18.8 Å². The van der Waals surface area contributed by atoms with E-state index in [1.807, 2.05) is 17.2 Å². The number of rotatable bonds is 4. The van der Waals surface area contributed by atoms with Crippen molar-refractivity contribution < 1.29 is 18.7 Å². The molecule has 0 spiro atoms. The highest BCUT2D eigenvalue weighted by Crippen LogP contribution is 2.33. The van der Waals surface area contributed by atoms with Gasteiger partial charge in [0.15, 0.2) is 0 Å². The van der Waals surface area contributed by atoms with Gasteiger partial charge in [0.25, 0.3) is 5.91 Å². The summed E-state index contributed by atoms with van der Waals surface area (Å²) < 4.78 is 17.0. The smallest absolute Gasteiger partial charge is 0.257 e. The first-order chi connectivity index (χ1) is 11.7. The second-order valence-electron chi connectivity index (χ2n) is 6.20. The van der Waals surface area contributed by atoms with Crippen LogP contribution in [0, 0.1) is 6.92 Å². The second kappa shape index (κ2) is 6.66. The van der Waals surface area contributed by atoms with Crippen LogP contribution in [0.3, 0.4) is 0 Å². The summed E-state index contributed by atoms with van der Waals surface area (Å²) in [6, 6.07) is 1.78. The summed E-state index contributed by atoms with van der Waals surface area (Å²) in [5.74, 6) is 0.0119. The number of amides is 1. The molecule has 0 N–H and O–H groups in total. The minimum absolute atomic E-state index is 0.0111. The molecular formula is C17H20N2O4S. The number of carbonyl (C=O) groups excluding carboxylic acids is 1. The van der Waals surface area contributed by atoms with Crippen LogP contribution in [-0.2, 0) is 16.1 Å². The third-order valence-electron chi connectivity index (χ3n) is 4.68. The van der Waals surface area contributed by atoms with Crippen molar-refractivity contribution >= 4 is 17.2 Å². The van der Waals surface area contributed by atoms with Crippen molar-refractivity contribution in [1.29, 1.82) is 0 Å². The highest BCUT2D eigenvalue weighted by Gasteiger charge is 2.45. The zero-order valence-electron chi connectivity index (χ0n) is 13.5. The molecule has 128 valence electrons. The van der Waals surface area contributed by atoms with Gasteiger partial charge in [-0.3, -0.25) is 4.79 Å². The van der Waals surface area contributed by atoms with Crippen molar-refractivity contribution in [1.82, 2.24) is 9.88 Å². The number of hydrogen-bond acceptors (Lipinski definition) is 6. The summed E-state index contributed by atoms with van der Waals surface area (Å²) in [7, 11) is 0. The number of morpholine rings is 1. The molecule has 1 saturated carbocycles. The molecule has 7 heteroatoms. The van der Waals surface area contributed by atoms with Crippen molar-refractivity contribution in [3.8, 4) is 0 Å². The van der Waals surface area contributed by atoms with E-state index in [1.54, 1.807) is 17.4 Å². The molecular weight excluding hydrogens is 328 g/mol. The standard InChI is InChI=1S/C17H20N2O4S/c1-11-18-13(10-24-11)9-23-15-3-2-14-16(15)22-7-5-19(14)17(20)12-4-6-21-8-12/h4,6,8,10,14-16H,2-3,5,7,9H2,1H3/t14-,15+,16+/m0/s1. The molecule has 1 saturated heterocycles. The summed E-state index contributed by atoms with van der Waals surface area (Å²) in [5.41, 5.74) is 1.56. The van der Waals surface area contributed by atoms with Crippen LogP contribution in [0.25, 0.3) is 0 Å². The SMILES string of the molecule is Cc1nc(CO[C@@H]2CC[C@H]3[C@H]2OCCN3C(=O)c2ccoc2)cs1. The van der Waals surface area contributed by atoms with E-state index >= 15 is 0 Å². The summed E-state index contributed by atoms with van der Waals surface area (Å²) in [6.07, 6.45) is 4.77. The molecule has 2 aliphatic rings. The van der Waals surface area contributed by atoms with Crippen molar-refractivity contribution in [2.75, 3.05) is 13.2 Å². The molecule has 6 nitrogen and oxygen atoms in total. The molecule has 4 rings (SSSR count). The molecule has 0 unspecified atom stereocenters. The summed E-state index contributed by atoms with van der Waals surface area (Å²) >= 11 is 1.63. The molecule has 0 radical (unpaired) electrons. The number of nitrogens with zero attached hydrogens (tertiary/aromatic N) is 2. The zero-order chi connectivity index (χ0) is 16.5. The Morgan fingerprint density at radius 2 is 2.42 bits per heavy atom. The van der Waals surface area contributed by atoms with E-state index in [4.69, 9.17) is 13.9 Å². The summed E-state index contributed by atoms with van der Waals surface area (Å²) in [6.45, 7) is 3.64. The Balaban J connectivity index is 1.41. The van der Waals surface area contributed by atoms with Crippen LogP contribution in [0.1, 0.15) is 33.9 Å². The lowest BCUT2D eigenvalue weighted by Gasteiger charge is -2.38. The quantitative estimate of drug-likeness (QED) is 0.850. The molecule has 2 fully saturated rings. The summed E-state index contributed by atoms with van der Waals surface area (Å²) in [5, 5.41) is 3.07. The van der Waals surface area contributed by atoms with E-state index in [9.17, 15) is 4.79 Å². The van der Waals surface area contributed by atoms with Crippen molar-refractivity contribution in [2.45, 2.75) is 44.6 Å². The lowest BCUT2D eigenvalue weighted by Crippen LogP contribution is -2.53. The molecule has 1 amide bonds. The number of ether oxygens (including phenoxy) is 2. The van der Waals surface area contributed by atoms with Gasteiger partial charge in [0.1, 0.15) is 12.4 Å². The fourth-order valence-electron chi connectivity index (χ4n) is 3.57. The zero-order valence-corrected chi connectivity index (χ0v) is 14.3. The van der Waals surface area contributed by atoms with E-state index in [0.29, 0.717) is 25.3 Å². The fraction of sp³-hybridized carbons (Fsp3) is 0.529. The van der Waals surface area contributed by atoms with Gasteiger partial charge in [-0.15, -0.1) is 11.3 Å². The van der Waals surface area contributed by atoms with Crippen molar-refractivity contribution in [3.05, 3.63) is 40.2 Å². The van der Waals surface area contributed by atoms with Crippen LogP contribution in [0.2, 0.25) is 0 Å². The van der Waals surface area contributed by atoms with Gasteiger partial charge in [-0.1, -0.05) is 0 Å². The number of thiazole rings is 1. The molecule has 24 heavy (non-hydrogen) atoms. The first-order valence-corrected chi connectivity index (χ1v) is 9.08. The van der Waals surface area contributed by atoms with Gasteiger partial charge in [0.05, 0.1) is 47.9 Å². The largest absolute Gasteiger partial charge is 0.472 e. The highest BCUT2D eigenvalue weighted by atomic mass is 32.1. The number of hydrogen-bond donors (Lipinski definition) is 0. The van der Waals surface area contributed by atoms with E-state index in [2.05, 4.69) is 4.98 Å². The lowest BCUT2D eigenvalue weighted by atomic mass is 10.1. The number of aromatic nitrogens is 1. The fourth-order valence-corrected chi connectivity index (χ4v) is 4.16. The van der Waals surface area contributed by atoms with E-state index < -0.39 is 0 Å². The van der Waals surface area contributed by atoms with Gasteiger partial charge in [0, 0.05) is 11.9 Å². The number of furan rings is 1. The Morgan fingerprint density at radius 1 is 1.50 bits per heavy atom. The topological polar surface area (TPSA) is 64.8 Å². The van der Waals surface area contributed by atoms with Gasteiger partial charge in [-0.25, -0.2) is 4.98 Å². The second-order valence-corrected chi connectivity index (χ2v) is 7.26. The minimum Gasteiger partial charge on any atom is -0.472 e. The number of aryl methyl sites for hydroxylation is 1. The third kappa shape index (κ3) is 2.99. The Hall–Kier alpha value is -1.70. The van der Waals surface area contributed by atoms with Crippen LogP contribution < -0.4 is 0 Å². The Morgan fingerprint density at radius 3 is 3.17 bits per heavy atom. The number of carbonyl (C=O) groups is 1. The van der Waals surface area contributed by atoms with Crippen LogP contribution in [-0.4, -0.2) is 47.2 Å². The molecule has 0 bridgehead atoms. The molecule has 3 heterocycles. The Kier molecular flexibility index (Phi) is 4.39. The maximum absolute atomic E-state index is 12.7. The monoisotopic (exact) mass is 348 g/mol. The molecule has 2 aromatic heterocycles. The van der Waals surface area contributed by atoms with Crippen molar-refractivity contribution in [2.24, 2.45) is 0 Å². The van der Waals surface area contributed by atoms with Gasteiger partial charge >= 0.3 is 0 Å². The molecule has 3 atom stereocenters. The predicted molar refractivity (Wildman–Crippen MR) is 87.9 cm³/mol. The molecule has 1 aliphatic carbocycles. The normalized spacial score (nSPS) is 26.5.